The second kappa shape index (κ2) is 6.04. The van der Waals surface area contributed by atoms with Crippen molar-refractivity contribution < 1.29 is 15.0 Å². The van der Waals surface area contributed by atoms with Gasteiger partial charge in [0.05, 0.1) is 16.5 Å². The number of nitro groups is 2. The zero-order valence-electron chi connectivity index (χ0n) is 12.4. The fraction of sp³-hybridized carbons (Fsp3) is 0.538. The van der Waals surface area contributed by atoms with Crippen molar-refractivity contribution in [2.75, 3.05) is 11.9 Å². The van der Waals surface area contributed by atoms with Gasteiger partial charge in [-0.3, -0.25) is 20.2 Å². The van der Waals surface area contributed by atoms with E-state index in [2.05, 4.69) is 5.32 Å². The van der Waals surface area contributed by atoms with Crippen LogP contribution in [0.5, 0.6) is 0 Å². The third-order valence-electron chi connectivity index (χ3n) is 3.02. The van der Waals surface area contributed by atoms with Crippen molar-refractivity contribution in [3.63, 3.8) is 0 Å². The Hall–Kier alpha value is -2.22. The number of aliphatic hydroxyl groups is 1. The number of benzene rings is 1. The molecular weight excluding hydrogens is 278 g/mol. The van der Waals surface area contributed by atoms with E-state index >= 15 is 0 Å². The molecule has 0 aliphatic carbocycles. The Kier molecular flexibility index (Phi) is 4.84. The molecule has 2 N–H and O–H groups in total. The fourth-order valence-corrected chi connectivity index (χ4v) is 1.77. The Bertz CT molecular complexity index is 530. The van der Waals surface area contributed by atoms with Crippen molar-refractivity contribution in [3.8, 4) is 0 Å². The number of hydrogen-bond acceptors (Lipinski definition) is 6. The quantitative estimate of drug-likeness (QED) is 0.637. The third kappa shape index (κ3) is 3.88. The Morgan fingerprint density at radius 2 is 1.62 bits per heavy atom. The minimum absolute atomic E-state index is 0.181. The zero-order chi connectivity index (χ0) is 16.4. The van der Waals surface area contributed by atoms with Gasteiger partial charge in [0.25, 0.3) is 11.4 Å². The van der Waals surface area contributed by atoms with E-state index in [1.807, 2.05) is 20.8 Å². The van der Waals surface area contributed by atoms with Crippen molar-refractivity contribution in [2.45, 2.75) is 39.2 Å². The van der Waals surface area contributed by atoms with Gasteiger partial charge < -0.3 is 10.4 Å². The molecule has 21 heavy (non-hydrogen) atoms. The van der Waals surface area contributed by atoms with Gasteiger partial charge in [0.1, 0.15) is 0 Å². The van der Waals surface area contributed by atoms with Crippen molar-refractivity contribution in [3.05, 3.63) is 37.9 Å². The summed E-state index contributed by atoms with van der Waals surface area (Å²) in [7, 11) is 0. The van der Waals surface area contributed by atoms with E-state index in [9.17, 15) is 20.2 Å². The standard InChI is InChI=1S/C13H19N3O5/c1-8(7-17)14-12-10(15(18)19)5-9(13(2,3)4)6-11(12)16(20)21/h5-6,8,14,17H,7H2,1-4H3. The van der Waals surface area contributed by atoms with Gasteiger partial charge in [0.15, 0.2) is 5.69 Å². The van der Waals surface area contributed by atoms with Crippen LogP contribution < -0.4 is 5.32 Å². The highest BCUT2D eigenvalue weighted by atomic mass is 16.6. The van der Waals surface area contributed by atoms with E-state index < -0.39 is 21.3 Å². The second-order valence-corrected chi connectivity index (χ2v) is 5.88. The summed E-state index contributed by atoms with van der Waals surface area (Å²) in [6.45, 7) is 6.73. The average Bonchev–Trinajstić information content (AvgIpc) is 2.36. The molecule has 1 rings (SSSR count). The molecular formula is C13H19N3O5. The normalized spacial score (nSPS) is 12.8. The molecule has 116 valence electrons. The minimum atomic E-state index is -0.658. The van der Waals surface area contributed by atoms with Gasteiger partial charge in [-0.1, -0.05) is 20.8 Å². The molecule has 0 amide bonds. The second-order valence-electron chi connectivity index (χ2n) is 5.88. The largest absolute Gasteiger partial charge is 0.394 e. The van der Waals surface area contributed by atoms with E-state index in [1.165, 1.54) is 12.1 Å². The first-order valence-corrected chi connectivity index (χ1v) is 6.42. The lowest BCUT2D eigenvalue weighted by molar-refractivity contribution is -0.392. The Labute approximate surface area is 122 Å². The number of nitro benzene ring substituents is 2. The van der Waals surface area contributed by atoms with Gasteiger partial charge in [-0.15, -0.1) is 0 Å². The van der Waals surface area contributed by atoms with Crippen LogP contribution in [0.3, 0.4) is 0 Å². The maximum Gasteiger partial charge on any atom is 0.299 e. The summed E-state index contributed by atoms with van der Waals surface area (Å²) in [5, 5.41) is 34.1. The van der Waals surface area contributed by atoms with Crippen LogP contribution in [0.2, 0.25) is 0 Å². The lowest BCUT2D eigenvalue weighted by atomic mass is 9.86. The van der Waals surface area contributed by atoms with E-state index in [0.29, 0.717) is 5.56 Å². The van der Waals surface area contributed by atoms with E-state index in [4.69, 9.17) is 5.11 Å². The summed E-state index contributed by atoms with van der Waals surface area (Å²) < 4.78 is 0. The molecule has 0 saturated heterocycles. The molecule has 0 heterocycles. The molecule has 0 fully saturated rings. The van der Waals surface area contributed by atoms with E-state index in [0.717, 1.165) is 0 Å². The van der Waals surface area contributed by atoms with Crippen molar-refractivity contribution in [1.82, 2.24) is 0 Å². The van der Waals surface area contributed by atoms with Gasteiger partial charge in [-0.25, -0.2) is 0 Å². The Morgan fingerprint density at radius 3 is 1.90 bits per heavy atom. The highest BCUT2D eigenvalue weighted by molar-refractivity contribution is 5.75. The van der Waals surface area contributed by atoms with Gasteiger partial charge in [-0.2, -0.15) is 0 Å². The van der Waals surface area contributed by atoms with Crippen LogP contribution in [0.25, 0.3) is 0 Å². The molecule has 1 atom stereocenters. The number of rotatable bonds is 5. The van der Waals surface area contributed by atoms with Crippen LogP contribution in [-0.4, -0.2) is 27.6 Å². The molecule has 1 unspecified atom stereocenters. The first-order valence-electron chi connectivity index (χ1n) is 6.42. The lowest BCUT2D eigenvalue weighted by Crippen LogP contribution is -2.21. The molecule has 0 saturated carbocycles. The molecule has 8 heteroatoms. The summed E-state index contributed by atoms with van der Waals surface area (Å²) in [4.78, 5) is 21.1. The van der Waals surface area contributed by atoms with Crippen molar-refractivity contribution >= 4 is 17.1 Å². The summed E-state index contributed by atoms with van der Waals surface area (Å²) in [6.07, 6.45) is 0. The Morgan fingerprint density at radius 1 is 1.19 bits per heavy atom. The minimum Gasteiger partial charge on any atom is -0.394 e. The summed E-state index contributed by atoms with van der Waals surface area (Å²) in [5.74, 6) is 0. The predicted molar refractivity (Wildman–Crippen MR) is 78.6 cm³/mol. The van der Waals surface area contributed by atoms with Gasteiger partial charge in [-0.05, 0) is 17.9 Å². The maximum absolute atomic E-state index is 11.2. The van der Waals surface area contributed by atoms with Crippen LogP contribution in [0.15, 0.2) is 12.1 Å². The molecule has 0 radical (unpaired) electrons. The molecule has 8 nitrogen and oxygen atoms in total. The predicted octanol–water partition coefficient (Wildman–Crippen LogP) is 2.59. The molecule has 1 aromatic carbocycles. The first-order chi connectivity index (χ1) is 9.57. The van der Waals surface area contributed by atoms with Gasteiger partial charge in [0, 0.05) is 18.2 Å². The van der Waals surface area contributed by atoms with Gasteiger partial charge in [0.2, 0.25) is 0 Å². The highest BCUT2D eigenvalue weighted by Crippen LogP contribution is 2.39. The third-order valence-corrected chi connectivity index (χ3v) is 3.02. The zero-order valence-corrected chi connectivity index (χ0v) is 12.4. The fourth-order valence-electron chi connectivity index (χ4n) is 1.77. The van der Waals surface area contributed by atoms with Crippen LogP contribution in [0, 0.1) is 20.2 Å². The number of anilines is 1. The van der Waals surface area contributed by atoms with Crippen LogP contribution in [0.1, 0.15) is 33.3 Å². The molecule has 0 spiro atoms. The lowest BCUT2D eigenvalue weighted by Gasteiger charge is -2.20. The summed E-state index contributed by atoms with van der Waals surface area (Å²) in [6, 6.07) is 2.13. The van der Waals surface area contributed by atoms with Crippen molar-refractivity contribution in [2.24, 2.45) is 0 Å². The van der Waals surface area contributed by atoms with Crippen LogP contribution in [0.4, 0.5) is 17.1 Å². The number of aliphatic hydroxyl groups excluding tert-OH is 1. The average molecular weight is 297 g/mol. The smallest absolute Gasteiger partial charge is 0.299 e. The molecule has 0 bridgehead atoms. The number of hydrogen-bond donors (Lipinski definition) is 2. The Balaban J connectivity index is 3.59. The highest BCUT2D eigenvalue weighted by Gasteiger charge is 2.30. The van der Waals surface area contributed by atoms with Gasteiger partial charge >= 0.3 is 0 Å². The number of nitrogens with zero attached hydrogens (tertiary/aromatic N) is 2. The van der Waals surface area contributed by atoms with E-state index in [-0.39, 0.29) is 23.7 Å². The first kappa shape index (κ1) is 16.8. The molecule has 1 aromatic rings. The van der Waals surface area contributed by atoms with Crippen molar-refractivity contribution in [1.29, 1.82) is 0 Å². The SMILES string of the molecule is CC(CO)Nc1c([N+](=O)[O-])cc(C(C)(C)C)cc1[N+](=O)[O-]. The van der Waals surface area contributed by atoms with Crippen LogP contribution >= 0.6 is 0 Å². The number of nitrogens with one attached hydrogen (secondary N) is 1. The monoisotopic (exact) mass is 297 g/mol. The molecule has 0 aromatic heterocycles. The topological polar surface area (TPSA) is 119 Å². The van der Waals surface area contributed by atoms with E-state index in [1.54, 1.807) is 6.92 Å². The van der Waals surface area contributed by atoms with Crippen LogP contribution in [-0.2, 0) is 5.41 Å². The molecule has 0 aliphatic heterocycles. The summed E-state index contributed by atoms with van der Waals surface area (Å²) in [5.41, 5.74) is -0.872. The maximum atomic E-state index is 11.2. The summed E-state index contributed by atoms with van der Waals surface area (Å²) >= 11 is 0. The molecule has 0 aliphatic rings.